The van der Waals surface area contributed by atoms with E-state index in [1.165, 1.54) is 5.56 Å². The molecule has 17 heavy (non-hydrogen) atoms. The number of rotatable bonds is 4. The fourth-order valence-corrected chi connectivity index (χ4v) is 2.10. The number of hydrogen-bond acceptors (Lipinski definition) is 2. The first-order valence-electron chi connectivity index (χ1n) is 5.60. The number of likely N-dealkylation sites (N-methyl/N-ethyl adjacent to an activating group) is 1. The summed E-state index contributed by atoms with van der Waals surface area (Å²) in [5.74, 6) is 0. The molecule has 4 heteroatoms. The van der Waals surface area contributed by atoms with Crippen LogP contribution in [0.4, 0.5) is 0 Å². The van der Waals surface area contributed by atoms with E-state index in [2.05, 4.69) is 16.5 Å². The number of hydrogen-bond donors (Lipinski definition) is 1. The molecule has 3 nitrogen and oxygen atoms in total. The molecule has 0 amide bonds. The maximum absolute atomic E-state index is 6.17. The summed E-state index contributed by atoms with van der Waals surface area (Å²) in [7, 11) is 3.88. The van der Waals surface area contributed by atoms with E-state index in [0.717, 1.165) is 17.0 Å². The van der Waals surface area contributed by atoms with Gasteiger partial charge < -0.3 is 5.32 Å². The van der Waals surface area contributed by atoms with Gasteiger partial charge in [0.05, 0.1) is 6.20 Å². The van der Waals surface area contributed by atoms with E-state index in [9.17, 15) is 0 Å². The summed E-state index contributed by atoms with van der Waals surface area (Å²) in [6.45, 7) is 0. The van der Waals surface area contributed by atoms with Crippen LogP contribution in [0.5, 0.6) is 0 Å². The van der Waals surface area contributed by atoms with Crippen LogP contribution in [0, 0.1) is 0 Å². The van der Waals surface area contributed by atoms with Crippen molar-refractivity contribution in [3.05, 3.63) is 52.8 Å². The van der Waals surface area contributed by atoms with E-state index < -0.39 is 0 Å². The van der Waals surface area contributed by atoms with Gasteiger partial charge in [-0.2, -0.15) is 5.10 Å². The summed E-state index contributed by atoms with van der Waals surface area (Å²) >= 11 is 6.17. The number of nitrogens with one attached hydrogen (secondary N) is 1. The zero-order valence-electron chi connectivity index (χ0n) is 10.0. The van der Waals surface area contributed by atoms with Crippen LogP contribution in [0.25, 0.3) is 0 Å². The Morgan fingerprint density at radius 3 is 2.76 bits per heavy atom. The zero-order chi connectivity index (χ0) is 12.3. The summed E-state index contributed by atoms with van der Waals surface area (Å²) in [4.78, 5) is 0. The van der Waals surface area contributed by atoms with Crippen LogP contribution < -0.4 is 5.32 Å². The summed E-state index contributed by atoms with van der Waals surface area (Å²) in [5, 5.41) is 8.30. The molecule has 0 radical (unpaired) electrons. The normalized spacial score (nSPS) is 12.6. The van der Waals surface area contributed by atoms with E-state index in [1.54, 1.807) is 0 Å². The lowest BCUT2D eigenvalue weighted by Crippen LogP contribution is -2.18. The third-order valence-corrected chi connectivity index (χ3v) is 3.23. The first-order chi connectivity index (χ1) is 8.20. The van der Waals surface area contributed by atoms with Crippen molar-refractivity contribution in [2.75, 3.05) is 7.05 Å². The second kappa shape index (κ2) is 5.34. The Hall–Kier alpha value is -1.32. The van der Waals surface area contributed by atoms with Gasteiger partial charge in [0.1, 0.15) is 0 Å². The van der Waals surface area contributed by atoms with Gasteiger partial charge in [-0.25, -0.2) is 0 Å². The molecule has 1 N–H and O–H groups in total. The standard InChI is InChI=1S/C13H16ClN3/c1-15-13(11-8-16-17(2)9-11)7-10-5-3-4-6-12(10)14/h3-6,8-9,13,15H,7H2,1-2H3. The molecule has 0 spiro atoms. The highest BCUT2D eigenvalue weighted by atomic mass is 35.5. The molecule has 2 rings (SSSR count). The van der Waals surface area contributed by atoms with Crippen molar-refractivity contribution >= 4 is 11.6 Å². The molecule has 1 aromatic carbocycles. The van der Waals surface area contributed by atoms with Crippen molar-refractivity contribution in [1.29, 1.82) is 0 Å². The van der Waals surface area contributed by atoms with Gasteiger partial charge in [-0.15, -0.1) is 0 Å². The summed E-state index contributed by atoms with van der Waals surface area (Å²) in [6, 6.07) is 8.18. The Morgan fingerprint density at radius 2 is 2.18 bits per heavy atom. The van der Waals surface area contributed by atoms with Crippen LogP contribution in [0.1, 0.15) is 17.2 Å². The van der Waals surface area contributed by atoms with Crippen molar-refractivity contribution < 1.29 is 0 Å². The SMILES string of the molecule is CNC(Cc1ccccc1Cl)c1cnn(C)c1. The van der Waals surface area contributed by atoms with Gasteiger partial charge in [0.25, 0.3) is 0 Å². The molecule has 1 heterocycles. The van der Waals surface area contributed by atoms with Crippen LogP contribution >= 0.6 is 11.6 Å². The topological polar surface area (TPSA) is 29.9 Å². The lowest BCUT2D eigenvalue weighted by molar-refractivity contribution is 0.591. The van der Waals surface area contributed by atoms with Crippen LogP contribution in [-0.4, -0.2) is 16.8 Å². The molecule has 2 aromatic rings. The van der Waals surface area contributed by atoms with Crippen LogP contribution in [0.2, 0.25) is 5.02 Å². The van der Waals surface area contributed by atoms with E-state index in [0.29, 0.717) is 0 Å². The Morgan fingerprint density at radius 1 is 1.41 bits per heavy atom. The Bertz CT molecular complexity index is 493. The van der Waals surface area contributed by atoms with Crippen LogP contribution in [-0.2, 0) is 13.5 Å². The van der Waals surface area contributed by atoms with Gasteiger partial charge in [0.15, 0.2) is 0 Å². The zero-order valence-corrected chi connectivity index (χ0v) is 10.8. The van der Waals surface area contributed by atoms with Crippen molar-refractivity contribution in [2.24, 2.45) is 7.05 Å². The van der Waals surface area contributed by atoms with Gasteiger partial charge in [-0.1, -0.05) is 29.8 Å². The number of benzene rings is 1. The van der Waals surface area contributed by atoms with Gasteiger partial charge in [0.2, 0.25) is 0 Å². The molecule has 0 bridgehead atoms. The number of aromatic nitrogens is 2. The summed E-state index contributed by atoms with van der Waals surface area (Å²) in [6.07, 6.45) is 4.78. The van der Waals surface area contributed by atoms with Gasteiger partial charge in [-0.3, -0.25) is 4.68 Å². The second-order valence-corrected chi connectivity index (χ2v) is 4.49. The Balaban J connectivity index is 2.18. The van der Waals surface area contributed by atoms with Crippen molar-refractivity contribution in [2.45, 2.75) is 12.5 Å². The highest BCUT2D eigenvalue weighted by Gasteiger charge is 2.13. The average molecular weight is 250 g/mol. The highest BCUT2D eigenvalue weighted by Crippen LogP contribution is 2.22. The minimum Gasteiger partial charge on any atom is -0.313 e. The third kappa shape index (κ3) is 2.87. The monoisotopic (exact) mass is 249 g/mol. The molecule has 1 aromatic heterocycles. The summed E-state index contributed by atoms with van der Waals surface area (Å²) in [5.41, 5.74) is 2.33. The molecule has 0 aliphatic rings. The quantitative estimate of drug-likeness (QED) is 0.903. The molecular formula is C13H16ClN3. The lowest BCUT2D eigenvalue weighted by Gasteiger charge is -2.15. The molecule has 0 saturated carbocycles. The maximum atomic E-state index is 6.17. The molecule has 0 saturated heterocycles. The van der Waals surface area contributed by atoms with E-state index in [4.69, 9.17) is 11.6 Å². The predicted molar refractivity (Wildman–Crippen MR) is 70.2 cm³/mol. The third-order valence-electron chi connectivity index (χ3n) is 2.86. The van der Waals surface area contributed by atoms with Gasteiger partial charge >= 0.3 is 0 Å². The largest absolute Gasteiger partial charge is 0.313 e. The Labute approximate surface area is 106 Å². The minimum atomic E-state index is 0.239. The first kappa shape index (κ1) is 12.1. The van der Waals surface area contributed by atoms with Crippen LogP contribution in [0.15, 0.2) is 36.7 Å². The van der Waals surface area contributed by atoms with E-state index >= 15 is 0 Å². The fraction of sp³-hybridized carbons (Fsp3) is 0.308. The second-order valence-electron chi connectivity index (χ2n) is 4.08. The van der Waals surface area contributed by atoms with Crippen molar-refractivity contribution in [3.8, 4) is 0 Å². The first-order valence-corrected chi connectivity index (χ1v) is 5.97. The predicted octanol–water partition coefficient (Wildman–Crippen LogP) is 2.58. The minimum absolute atomic E-state index is 0.239. The molecule has 0 aliphatic heterocycles. The molecule has 1 atom stereocenters. The molecule has 1 unspecified atom stereocenters. The summed E-state index contributed by atoms with van der Waals surface area (Å²) < 4.78 is 1.81. The smallest absolute Gasteiger partial charge is 0.0537 e. The molecule has 0 fully saturated rings. The van der Waals surface area contributed by atoms with Gasteiger partial charge in [0, 0.05) is 29.9 Å². The average Bonchev–Trinajstić information content (AvgIpc) is 2.75. The van der Waals surface area contributed by atoms with Gasteiger partial charge in [-0.05, 0) is 25.1 Å². The fourth-order valence-electron chi connectivity index (χ4n) is 1.89. The Kier molecular flexibility index (Phi) is 3.82. The van der Waals surface area contributed by atoms with E-state index in [1.807, 2.05) is 49.4 Å². The van der Waals surface area contributed by atoms with E-state index in [-0.39, 0.29) is 6.04 Å². The van der Waals surface area contributed by atoms with Crippen molar-refractivity contribution in [3.63, 3.8) is 0 Å². The number of aryl methyl sites for hydroxylation is 1. The number of halogens is 1. The maximum Gasteiger partial charge on any atom is 0.0537 e. The number of nitrogens with zero attached hydrogens (tertiary/aromatic N) is 2. The molecule has 0 aliphatic carbocycles. The molecular weight excluding hydrogens is 234 g/mol. The lowest BCUT2D eigenvalue weighted by atomic mass is 10.0. The van der Waals surface area contributed by atoms with Crippen molar-refractivity contribution in [1.82, 2.24) is 15.1 Å². The highest BCUT2D eigenvalue weighted by molar-refractivity contribution is 6.31. The van der Waals surface area contributed by atoms with Crippen LogP contribution in [0.3, 0.4) is 0 Å². The molecule has 90 valence electrons.